The lowest BCUT2D eigenvalue weighted by Gasteiger charge is -2.33. The van der Waals surface area contributed by atoms with Gasteiger partial charge in [-0.2, -0.15) is 0 Å². The van der Waals surface area contributed by atoms with Crippen LogP contribution in [0.3, 0.4) is 0 Å². The van der Waals surface area contributed by atoms with Gasteiger partial charge in [-0.25, -0.2) is 0 Å². The van der Waals surface area contributed by atoms with E-state index in [-0.39, 0.29) is 6.10 Å². The van der Waals surface area contributed by atoms with Crippen LogP contribution in [0.4, 0.5) is 0 Å². The molecule has 0 unspecified atom stereocenters. The fourth-order valence-electron chi connectivity index (χ4n) is 2.20. The summed E-state index contributed by atoms with van der Waals surface area (Å²) in [5, 5.41) is 13.5. The van der Waals surface area contributed by atoms with Gasteiger partial charge >= 0.3 is 0 Å². The summed E-state index contributed by atoms with van der Waals surface area (Å²) in [5.41, 5.74) is 1.01. The fourth-order valence-corrected chi connectivity index (χ4v) is 2.20. The lowest BCUT2D eigenvalue weighted by Crippen LogP contribution is -2.50. The van der Waals surface area contributed by atoms with Gasteiger partial charge in [0.15, 0.2) is 0 Å². The van der Waals surface area contributed by atoms with Crippen LogP contribution in [0.2, 0.25) is 0 Å². The average molecular weight is 220 g/mol. The molecule has 1 fully saturated rings. The third kappa shape index (κ3) is 3.04. The van der Waals surface area contributed by atoms with Crippen molar-refractivity contribution in [1.82, 2.24) is 10.2 Å². The first kappa shape index (κ1) is 11.6. The zero-order valence-electron chi connectivity index (χ0n) is 9.76. The van der Waals surface area contributed by atoms with Crippen LogP contribution >= 0.6 is 0 Å². The van der Waals surface area contributed by atoms with E-state index < -0.39 is 0 Å². The predicted molar refractivity (Wildman–Crippen MR) is 65.3 cm³/mol. The van der Waals surface area contributed by atoms with Gasteiger partial charge in [0.05, 0.1) is 6.10 Å². The Bertz CT molecular complexity index is 315. The van der Waals surface area contributed by atoms with Gasteiger partial charge in [0.2, 0.25) is 0 Å². The number of benzene rings is 1. The van der Waals surface area contributed by atoms with Crippen molar-refractivity contribution >= 4 is 0 Å². The van der Waals surface area contributed by atoms with E-state index in [2.05, 4.69) is 17.1 Å². The molecule has 0 aromatic heterocycles. The van der Waals surface area contributed by atoms with E-state index in [0.717, 1.165) is 31.7 Å². The van der Waals surface area contributed by atoms with E-state index in [1.54, 1.807) is 0 Å². The van der Waals surface area contributed by atoms with E-state index in [9.17, 15) is 5.11 Å². The van der Waals surface area contributed by atoms with Crippen LogP contribution in [-0.2, 0) is 0 Å². The number of hydrogen-bond donors (Lipinski definition) is 2. The highest BCUT2D eigenvalue weighted by molar-refractivity contribution is 5.17. The minimum absolute atomic E-state index is 0.369. The lowest BCUT2D eigenvalue weighted by molar-refractivity contribution is 0.0962. The van der Waals surface area contributed by atoms with Gasteiger partial charge in [0, 0.05) is 32.2 Å². The minimum Gasteiger partial charge on any atom is -0.387 e. The van der Waals surface area contributed by atoms with Crippen LogP contribution in [0.15, 0.2) is 30.3 Å². The second-order valence-electron chi connectivity index (χ2n) is 4.54. The van der Waals surface area contributed by atoms with Crippen LogP contribution in [0.25, 0.3) is 0 Å². The molecule has 88 valence electrons. The maximum absolute atomic E-state index is 10.1. The predicted octanol–water partition coefficient (Wildman–Crippen LogP) is 1.01. The number of nitrogens with one attached hydrogen (secondary N) is 1. The molecule has 2 N–H and O–H groups in total. The van der Waals surface area contributed by atoms with Crippen molar-refractivity contribution in [2.45, 2.75) is 19.1 Å². The molecular formula is C13H20N2O. The van der Waals surface area contributed by atoms with Crippen LogP contribution in [0, 0.1) is 0 Å². The Hall–Kier alpha value is -0.900. The van der Waals surface area contributed by atoms with E-state index in [0.29, 0.717) is 6.04 Å². The van der Waals surface area contributed by atoms with Gasteiger partial charge in [0.25, 0.3) is 0 Å². The van der Waals surface area contributed by atoms with E-state index in [1.807, 2.05) is 30.3 Å². The fraction of sp³-hybridized carbons (Fsp3) is 0.538. The Labute approximate surface area is 97.1 Å². The average Bonchev–Trinajstić information content (AvgIpc) is 2.30. The first-order valence-electron chi connectivity index (χ1n) is 5.94. The van der Waals surface area contributed by atoms with Crippen molar-refractivity contribution in [2.75, 3.05) is 26.2 Å². The summed E-state index contributed by atoms with van der Waals surface area (Å²) < 4.78 is 0. The Balaban J connectivity index is 1.89. The van der Waals surface area contributed by atoms with Crippen molar-refractivity contribution in [3.05, 3.63) is 35.9 Å². The molecule has 0 spiro atoms. The first-order valence-corrected chi connectivity index (χ1v) is 5.94. The summed E-state index contributed by atoms with van der Waals surface area (Å²) in [6.45, 7) is 5.97. The molecule has 2 rings (SSSR count). The van der Waals surface area contributed by atoms with Gasteiger partial charge in [-0.05, 0) is 12.5 Å². The van der Waals surface area contributed by atoms with Crippen LogP contribution in [0.1, 0.15) is 18.6 Å². The maximum atomic E-state index is 10.1. The summed E-state index contributed by atoms with van der Waals surface area (Å²) in [6.07, 6.45) is -0.369. The van der Waals surface area contributed by atoms with Crippen molar-refractivity contribution in [3.63, 3.8) is 0 Å². The van der Waals surface area contributed by atoms with Gasteiger partial charge in [0.1, 0.15) is 0 Å². The second kappa shape index (κ2) is 5.43. The number of piperazine rings is 1. The highest BCUT2D eigenvalue weighted by atomic mass is 16.3. The van der Waals surface area contributed by atoms with Gasteiger partial charge in [-0.3, -0.25) is 4.90 Å². The third-order valence-corrected chi connectivity index (χ3v) is 3.07. The van der Waals surface area contributed by atoms with Crippen LogP contribution in [-0.4, -0.2) is 42.2 Å². The van der Waals surface area contributed by atoms with E-state index >= 15 is 0 Å². The number of aliphatic hydroxyl groups excluding tert-OH is 1. The van der Waals surface area contributed by atoms with Gasteiger partial charge < -0.3 is 10.4 Å². The third-order valence-electron chi connectivity index (χ3n) is 3.07. The second-order valence-corrected chi connectivity index (χ2v) is 4.54. The van der Waals surface area contributed by atoms with Crippen LogP contribution in [0.5, 0.6) is 0 Å². The molecule has 2 atom stereocenters. The highest BCUT2D eigenvalue weighted by Crippen LogP contribution is 2.14. The minimum atomic E-state index is -0.369. The van der Waals surface area contributed by atoms with Crippen molar-refractivity contribution < 1.29 is 5.11 Å². The maximum Gasteiger partial charge on any atom is 0.0916 e. The zero-order chi connectivity index (χ0) is 11.4. The molecule has 3 heteroatoms. The molecule has 1 aliphatic rings. The molecule has 1 aromatic carbocycles. The van der Waals surface area contributed by atoms with Gasteiger partial charge in [-0.15, -0.1) is 0 Å². The molecule has 0 radical (unpaired) electrons. The molecule has 3 nitrogen and oxygen atoms in total. The SMILES string of the molecule is C[C@@H]1CN(C[C@@H](O)c2ccccc2)CCN1. The van der Waals surface area contributed by atoms with Crippen molar-refractivity contribution in [1.29, 1.82) is 0 Å². The van der Waals surface area contributed by atoms with Crippen molar-refractivity contribution in [3.8, 4) is 0 Å². The number of nitrogens with zero attached hydrogens (tertiary/aromatic N) is 1. The molecule has 1 aliphatic heterocycles. The quantitative estimate of drug-likeness (QED) is 0.798. The summed E-state index contributed by atoms with van der Waals surface area (Å²) in [7, 11) is 0. The molecule has 0 saturated carbocycles. The molecule has 16 heavy (non-hydrogen) atoms. The topological polar surface area (TPSA) is 35.5 Å². The van der Waals surface area contributed by atoms with Crippen LogP contribution < -0.4 is 5.32 Å². The van der Waals surface area contributed by atoms with Gasteiger partial charge in [-0.1, -0.05) is 30.3 Å². The summed E-state index contributed by atoms with van der Waals surface area (Å²) in [5.74, 6) is 0. The first-order chi connectivity index (χ1) is 7.75. The summed E-state index contributed by atoms with van der Waals surface area (Å²) >= 11 is 0. The van der Waals surface area contributed by atoms with E-state index in [4.69, 9.17) is 0 Å². The summed E-state index contributed by atoms with van der Waals surface area (Å²) in [4.78, 5) is 2.32. The zero-order valence-corrected chi connectivity index (χ0v) is 9.76. The smallest absolute Gasteiger partial charge is 0.0916 e. The largest absolute Gasteiger partial charge is 0.387 e. The Morgan fingerprint density at radius 1 is 1.44 bits per heavy atom. The normalized spacial score (nSPS) is 24.2. The standard InChI is InChI=1S/C13H20N2O/c1-11-9-15(8-7-14-11)10-13(16)12-5-3-2-4-6-12/h2-6,11,13-14,16H,7-10H2,1H3/t11-,13-/m1/s1. The molecular weight excluding hydrogens is 200 g/mol. The highest BCUT2D eigenvalue weighted by Gasteiger charge is 2.18. The van der Waals surface area contributed by atoms with E-state index in [1.165, 1.54) is 0 Å². The molecule has 1 aromatic rings. The molecule has 1 saturated heterocycles. The molecule has 0 bridgehead atoms. The monoisotopic (exact) mass is 220 g/mol. The lowest BCUT2D eigenvalue weighted by atomic mass is 10.1. The number of aliphatic hydroxyl groups is 1. The van der Waals surface area contributed by atoms with Crippen molar-refractivity contribution in [2.24, 2.45) is 0 Å². The molecule has 0 amide bonds. The molecule has 0 aliphatic carbocycles. The Kier molecular flexibility index (Phi) is 3.93. The number of hydrogen-bond acceptors (Lipinski definition) is 3. The Morgan fingerprint density at radius 3 is 2.88 bits per heavy atom. The number of rotatable bonds is 3. The summed E-state index contributed by atoms with van der Waals surface area (Å²) in [6, 6.07) is 10.4. The Morgan fingerprint density at radius 2 is 2.19 bits per heavy atom. The molecule has 1 heterocycles. The number of β-amino-alcohol motifs (C(OH)–C–C–N with tert-alkyl or cyclic N) is 1.